The Hall–Kier alpha value is -2.03. The second-order valence-electron chi connectivity index (χ2n) is 3.76. The zero-order chi connectivity index (χ0) is 11.5. The van der Waals surface area contributed by atoms with Crippen molar-refractivity contribution in [2.45, 2.75) is 0 Å². The third kappa shape index (κ3) is 2.14. The quantitative estimate of drug-likeness (QED) is 0.771. The zero-order valence-electron chi connectivity index (χ0n) is 9.31. The first kappa shape index (κ1) is 10.5. The fraction of sp³-hybridized carbons (Fsp3) is 0.154. The Balaban J connectivity index is 2.54. The van der Waals surface area contributed by atoms with Gasteiger partial charge in [-0.15, -0.1) is 0 Å². The van der Waals surface area contributed by atoms with E-state index in [-0.39, 0.29) is 5.43 Å². The van der Waals surface area contributed by atoms with Gasteiger partial charge >= 0.3 is 0 Å². The summed E-state index contributed by atoms with van der Waals surface area (Å²) in [5.74, 6) is 1.16. The lowest BCUT2D eigenvalue weighted by atomic mass is 10.1. The Morgan fingerprint density at radius 1 is 1.06 bits per heavy atom. The Morgan fingerprint density at radius 3 is 2.38 bits per heavy atom. The van der Waals surface area contributed by atoms with E-state index >= 15 is 0 Å². The topological polar surface area (TPSA) is 33.5 Å². The van der Waals surface area contributed by atoms with Crippen LogP contribution in [0.25, 0.3) is 11.3 Å². The second-order valence-corrected chi connectivity index (χ2v) is 3.76. The van der Waals surface area contributed by atoms with E-state index in [0.717, 1.165) is 5.56 Å². The van der Waals surface area contributed by atoms with Crippen LogP contribution in [0.3, 0.4) is 0 Å². The molecule has 1 aromatic heterocycles. The molecular weight excluding hydrogens is 202 g/mol. The van der Waals surface area contributed by atoms with Gasteiger partial charge in [-0.05, 0) is 0 Å². The van der Waals surface area contributed by atoms with Crippen molar-refractivity contribution in [3.63, 3.8) is 0 Å². The Kier molecular flexibility index (Phi) is 2.77. The molecule has 82 valence electrons. The molecule has 0 fully saturated rings. The molecule has 3 nitrogen and oxygen atoms in total. The minimum Gasteiger partial charge on any atom is -0.440 e. The number of rotatable bonds is 2. The van der Waals surface area contributed by atoms with Crippen molar-refractivity contribution < 1.29 is 4.42 Å². The lowest BCUT2D eigenvalue weighted by molar-refractivity contribution is 0.562. The highest BCUT2D eigenvalue weighted by Gasteiger charge is 2.05. The third-order valence-corrected chi connectivity index (χ3v) is 2.25. The summed E-state index contributed by atoms with van der Waals surface area (Å²) in [7, 11) is 3.68. The van der Waals surface area contributed by atoms with Crippen molar-refractivity contribution in [2.75, 3.05) is 19.0 Å². The fourth-order valence-corrected chi connectivity index (χ4v) is 1.43. The zero-order valence-corrected chi connectivity index (χ0v) is 9.31. The Labute approximate surface area is 93.9 Å². The predicted octanol–water partition coefficient (Wildman–Crippen LogP) is 2.37. The van der Waals surface area contributed by atoms with Gasteiger partial charge in [-0.1, -0.05) is 30.3 Å². The number of hydrogen-bond acceptors (Lipinski definition) is 3. The lowest BCUT2D eigenvalue weighted by Crippen LogP contribution is -2.11. The van der Waals surface area contributed by atoms with Gasteiger partial charge in [0.2, 0.25) is 0 Å². The van der Waals surface area contributed by atoms with Crippen LogP contribution in [-0.4, -0.2) is 14.1 Å². The van der Waals surface area contributed by atoms with E-state index in [1.807, 2.05) is 44.4 Å². The molecule has 2 rings (SSSR count). The van der Waals surface area contributed by atoms with Crippen LogP contribution in [0, 0.1) is 0 Å². The van der Waals surface area contributed by atoms with Crippen molar-refractivity contribution in [2.24, 2.45) is 0 Å². The van der Waals surface area contributed by atoms with Crippen molar-refractivity contribution in [1.29, 1.82) is 0 Å². The van der Waals surface area contributed by atoms with Crippen LogP contribution >= 0.6 is 0 Å². The molecule has 0 bridgehead atoms. The molecule has 0 saturated heterocycles. The summed E-state index contributed by atoms with van der Waals surface area (Å²) in [5, 5.41) is 0. The van der Waals surface area contributed by atoms with Crippen molar-refractivity contribution >= 4 is 5.88 Å². The second kappa shape index (κ2) is 4.23. The van der Waals surface area contributed by atoms with E-state index in [1.165, 1.54) is 12.1 Å². The molecule has 0 amide bonds. The number of nitrogens with zero attached hydrogens (tertiary/aromatic N) is 1. The van der Waals surface area contributed by atoms with Crippen LogP contribution in [0.2, 0.25) is 0 Å². The molecule has 0 N–H and O–H groups in total. The molecule has 1 heterocycles. The van der Waals surface area contributed by atoms with Crippen LogP contribution < -0.4 is 10.3 Å². The van der Waals surface area contributed by atoms with Crippen molar-refractivity contribution in [1.82, 2.24) is 0 Å². The minimum atomic E-state index is -0.0474. The van der Waals surface area contributed by atoms with E-state index in [2.05, 4.69) is 0 Å². The van der Waals surface area contributed by atoms with Gasteiger partial charge in [0.25, 0.3) is 0 Å². The average molecular weight is 215 g/mol. The van der Waals surface area contributed by atoms with Crippen LogP contribution in [0.15, 0.2) is 51.7 Å². The molecular formula is C13H13NO2. The maximum atomic E-state index is 11.5. The summed E-state index contributed by atoms with van der Waals surface area (Å²) >= 11 is 0. The van der Waals surface area contributed by atoms with Crippen LogP contribution in [0.1, 0.15) is 0 Å². The van der Waals surface area contributed by atoms with Crippen LogP contribution in [0.5, 0.6) is 0 Å². The summed E-state index contributed by atoms with van der Waals surface area (Å²) in [5.41, 5.74) is 0.858. The molecule has 0 aliphatic carbocycles. The van der Waals surface area contributed by atoms with Gasteiger partial charge in [0, 0.05) is 31.8 Å². The standard InChI is InChI=1S/C13H13NO2/c1-14(2)13-9-11(15)8-12(16-13)10-6-4-3-5-7-10/h3-9H,1-2H3. The van der Waals surface area contributed by atoms with Gasteiger partial charge in [0.05, 0.1) is 0 Å². The van der Waals surface area contributed by atoms with E-state index < -0.39 is 0 Å². The Morgan fingerprint density at radius 2 is 1.75 bits per heavy atom. The lowest BCUT2D eigenvalue weighted by Gasteiger charge is -2.11. The van der Waals surface area contributed by atoms with E-state index in [4.69, 9.17) is 4.42 Å². The van der Waals surface area contributed by atoms with Crippen LogP contribution in [-0.2, 0) is 0 Å². The van der Waals surface area contributed by atoms with Gasteiger partial charge in [-0.25, -0.2) is 0 Å². The van der Waals surface area contributed by atoms with E-state index in [9.17, 15) is 4.79 Å². The predicted molar refractivity (Wildman–Crippen MR) is 64.7 cm³/mol. The molecule has 0 aliphatic heterocycles. The maximum Gasteiger partial charge on any atom is 0.199 e. The van der Waals surface area contributed by atoms with Gasteiger partial charge in [0.15, 0.2) is 11.3 Å². The number of anilines is 1. The first-order valence-corrected chi connectivity index (χ1v) is 5.05. The molecule has 0 radical (unpaired) electrons. The number of hydrogen-bond donors (Lipinski definition) is 0. The van der Waals surface area contributed by atoms with Crippen molar-refractivity contribution in [3.8, 4) is 11.3 Å². The summed E-state index contributed by atoms with van der Waals surface area (Å²) in [6, 6.07) is 12.6. The smallest absolute Gasteiger partial charge is 0.199 e. The summed E-state index contributed by atoms with van der Waals surface area (Å²) in [4.78, 5) is 13.3. The number of benzene rings is 1. The largest absolute Gasteiger partial charge is 0.440 e. The summed E-state index contributed by atoms with van der Waals surface area (Å²) < 4.78 is 5.63. The SMILES string of the molecule is CN(C)c1cc(=O)cc(-c2ccccc2)o1. The van der Waals surface area contributed by atoms with E-state index in [0.29, 0.717) is 11.6 Å². The van der Waals surface area contributed by atoms with Gasteiger partial charge in [0.1, 0.15) is 5.76 Å². The summed E-state index contributed by atoms with van der Waals surface area (Å²) in [6.45, 7) is 0. The van der Waals surface area contributed by atoms with Crippen molar-refractivity contribution in [3.05, 3.63) is 52.7 Å². The highest BCUT2D eigenvalue weighted by atomic mass is 16.4. The molecule has 3 heteroatoms. The average Bonchev–Trinajstić information content (AvgIpc) is 2.29. The molecule has 0 unspecified atom stereocenters. The Bertz CT molecular complexity index is 529. The highest BCUT2D eigenvalue weighted by Crippen LogP contribution is 2.21. The molecule has 0 atom stereocenters. The molecule has 0 aliphatic rings. The first-order valence-electron chi connectivity index (χ1n) is 5.05. The first-order chi connectivity index (χ1) is 7.66. The fourth-order valence-electron chi connectivity index (χ4n) is 1.43. The molecule has 0 spiro atoms. The van der Waals surface area contributed by atoms with Gasteiger partial charge < -0.3 is 9.32 Å². The third-order valence-electron chi connectivity index (χ3n) is 2.25. The minimum absolute atomic E-state index is 0.0474. The van der Waals surface area contributed by atoms with Crippen LogP contribution in [0.4, 0.5) is 5.88 Å². The normalized spacial score (nSPS) is 10.1. The summed E-state index contributed by atoms with van der Waals surface area (Å²) in [6.07, 6.45) is 0. The highest BCUT2D eigenvalue weighted by molar-refractivity contribution is 5.58. The van der Waals surface area contributed by atoms with Gasteiger partial charge in [-0.3, -0.25) is 4.79 Å². The molecule has 1 aromatic carbocycles. The molecule has 2 aromatic rings. The monoisotopic (exact) mass is 215 g/mol. The molecule has 0 saturated carbocycles. The molecule has 16 heavy (non-hydrogen) atoms. The van der Waals surface area contributed by atoms with Gasteiger partial charge in [-0.2, -0.15) is 0 Å². The van der Waals surface area contributed by atoms with E-state index in [1.54, 1.807) is 4.90 Å². The maximum absolute atomic E-state index is 11.5.